The molecule has 1 unspecified atom stereocenters. The molecule has 0 aliphatic carbocycles. The van der Waals surface area contributed by atoms with Crippen LogP contribution >= 0.6 is 0 Å². The number of piperidine rings is 2. The minimum Gasteiger partial charge on any atom is -0.303 e. The van der Waals surface area contributed by atoms with Crippen LogP contribution in [0.4, 0.5) is 0 Å². The predicted octanol–water partition coefficient (Wildman–Crippen LogP) is 3.13. The van der Waals surface area contributed by atoms with Crippen molar-refractivity contribution in [2.45, 2.75) is 77.3 Å². The lowest BCUT2D eigenvalue weighted by Crippen LogP contribution is -2.41. The molecule has 5 nitrogen and oxygen atoms in total. The Morgan fingerprint density at radius 1 is 1.11 bits per heavy atom. The molecule has 1 atom stereocenters. The Kier molecular flexibility index (Phi) is 6.74. The number of likely N-dealkylation sites (tertiary alicyclic amines) is 2. The second-order valence-electron chi connectivity index (χ2n) is 9.72. The molecule has 0 amide bonds. The van der Waals surface area contributed by atoms with E-state index in [-0.39, 0.29) is 11.0 Å². The van der Waals surface area contributed by atoms with Crippen molar-refractivity contribution in [3.63, 3.8) is 0 Å². The summed E-state index contributed by atoms with van der Waals surface area (Å²) in [7, 11) is 2.28. The van der Waals surface area contributed by atoms with Crippen molar-refractivity contribution in [1.82, 2.24) is 19.4 Å². The van der Waals surface area contributed by atoms with Crippen LogP contribution < -0.4 is 5.56 Å². The lowest BCUT2D eigenvalue weighted by atomic mass is 9.92. The summed E-state index contributed by atoms with van der Waals surface area (Å²) in [6, 6.07) is 2.50. The zero-order valence-electron chi connectivity index (χ0n) is 17.8. The van der Waals surface area contributed by atoms with E-state index in [4.69, 9.17) is 0 Å². The van der Waals surface area contributed by atoms with Gasteiger partial charge in [-0.3, -0.25) is 9.36 Å². The van der Waals surface area contributed by atoms with Gasteiger partial charge in [0.05, 0.1) is 12.0 Å². The molecular formula is C22H38N4O. The van der Waals surface area contributed by atoms with Gasteiger partial charge < -0.3 is 9.80 Å². The molecule has 3 heterocycles. The van der Waals surface area contributed by atoms with Gasteiger partial charge in [0.15, 0.2) is 0 Å². The first-order valence-electron chi connectivity index (χ1n) is 10.8. The average Bonchev–Trinajstić information content (AvgIpc) is 2.63. The largest absolute Gasteiger partial charge is 0.303 e. The molecule has 0 radical (unpaired) electrons. The molecule has 27 heavy (non-hydrogen) atoms. The van der Waals surface area contributed by atoms with Gasteiger partial charge in [-0.05, 0) is 71.2 Å². The number of rotatable bonds is 5. The van der Waals surface area contributed by atoms with Crippen molar-refractivity contribution in [2.75, 3.05) is 33.2 Å². The van der Waals surface area contributed by atoms with E-state index in [0.29, 0.717) is 5.92 Å². The summed E-state index contributed by atoms with van der Waals surface area (Å²) in [6.45, 7) is 11.9. The van der Waals surface area contributed by atoms with Crippen molar-refractivity contribution >= 4 is 0 Å². The van der Waals surface area contributed by atoms with Crippen molar-refractivity contribution in [3.8, 4) is 0 Å². The maximum absolute atomic E-state index is 12.4. The highest BCUT2D eigenvalue weighted by atomic mass is 16.1. The van der Waals surface area contributed by atoms with Gasteiger partial charge in [-0.2, -0.15) is 0 Å². The monoisotopic (exact) mass is 374 g/mol. The Morgan fingerprint density at radius 3 is 2.48 bits per heavy atom. The van der Waals surface area contributed by atoms with Gasteiger partial charge in [0.1, 0.15) is 0 Å². The third-order valence-electron chi connectivity index (χ3n) is 6.51. The fraction of sp³-hybridized carbons (Fsp3) is 0.818. The zero-order chi connectivity index (χ0) is 19.4. The van der Waals surface area contributed by atoms with Gasteiger partial charge in [0, 0.05) is 24.1 Å². The second-order valence-corrected chi connectivity index (χ2v) is 9.72. The zero-order valence-corrected chi connectivity index (χ0v) is 17.8. The molecule has 1 aromatic rings. The average molecular weight is 375 g/mol. The van der Waals surface area contributed by atoms with Crippen LogP contribution in [0.15, 0.2) is 17.2 Å². The van der Waals surface area contributed by atoms with Crippen molar-refractivity contribution in [2.24, 2.45) is 5.92 Å². The van der Waals surface area contributed by atoms with Crippen LogP contribution in [0.1, 0.15) is 65.0 Å². The van der Waals surface area contributed by atoms with Gasteiger partial charge in [-0.25, -0.2) is 4.98 Å². The van der Waals surface area contributed by atoms with E-state index in [1.807, 2.05) is 4.57 Å². The molecule has 2 aliphatic heterocycles. The topological polar surface area (TPSA) is 41.4 Å². The number of nitrogens with zero attached hydrogens (tertiary/aromatic N) is 4. The van der Waals surface area contributed by atoms with E-state index >= 15 is 0 Å². The molecule has 0 spiro atoms. The molecule has 2 aliphatic rings. The van der Waals surface area contributed by atoms with Gasteiger partial charge >= 0.3 is 0 Å². The van der Waals surface area contributed by atoms with Crippen LogP contribution in [0.5, 0.6) is 0 Å². The highest BCUT2D eigenvalue weighted by Gasteiger charge is 2.23. The Labute approximate surface area is 164 Å². The summed E-state index contributed by atoms with van der Waals surface area (Å²) in [6.07, 6.45) is 9.57. The first-order chi connectivity index (χ1) is 12.8. The van der Waals surface area contributed by atoms with Crippen molar-refractivity contribution in [3.05, 3.63) is 28.4 Å². The SMILES string of the molecule is CN1CCCCC1CCN1CCC(Cn2cnc(C(C)(C)C)cc2=O)CC1. The third-order valence-corrected chi connectivity index (χ3v) is 6.51. The fourth-order valence-electron chi connectivity index (χ4n) is 4.48. The molecule has 1 aromatic heterocycles. The molecule has 5 heteroatoms. The van der Waals surface area contributed by atoms with Crippen LogP contribution in [-0.4, -0.2) is 58.6 Å². The second kappa shape index (κ2) is 8.87. The fourth-order valence-corrected chi connectivity index (χ4v) is 4.48. The lowest BCUT2D eigenvalue weighted by Gasteiger charge is -2.36. The summed E-state index contributed by atoms with van der Waals surface area (Å²) in [5.74, 6) is 0.596. The smallest absolute Gasteiger partial charge is 0.253 e. The van der Waals surface area contributed by atoms with Crippen LogP contribution in [0.25, 0.3) is 0 Å². The maximum Gasteiger partial charge on any atom is 0.253 e. The molecule has 0 N–H and O–H groups in total. The minimum atomic E-state index is -0.0734. The number of hydrogen-bond donors (Lipinski definition) is 0. The number of aromatic nitrogens is 2. The summed E-state index contributed by atoms with van der Waals surface area (Å²) in [5.41, 5.74) is 0.902. The Bertz CT molecular complexity index is 655. The van der Waals surface area contributed by atoms with Crippen LogP contribution in [-0.2, 0) is 12.0 Å². The Balaban J connectivity index is 1.45. The highest BCUT2D eigenvalue weighted by Crippen LogP contribution is 2.22. The molecule has 0 saturated carbocycles. The van der Waals surface area contributed by atoms with E-state index in [1.54, 1.807) is 12.4 Å². The summed E-state index contributed by atoms with van der Waals surface area (Å²) < 4.78 is 1.81. The molecule has 3 rings (SSSR count). The molecular weight excluding hydrogens is 336 g/mol. The molecule has 152 valence electrons. The van der Waals surface area contributed by atoms with Crippen molar-refractivity contribution < 1.29 is 0 Å². The minimum absolute atomic E-state index is 0.0734. The van der Waals surface area contributed by atoms with Gasteiger partial charge in [-0.1, -0.05) is 27.2 Å². The summed E-state index contributed by atoms with van der Waals surface area (Å²) >= 11 is 0. The number of hydrogen-bond acceptors (Lipinski definition) is 4. The summed E-state index contributed by atoms with van der Waals surface area (Å²) in [5, 5.41) is 0. The van der Waals surface area contributed by atoms with E-state index in [9.17, 15) is 4.79 Å². The molecule has 2 fully saturated rings. The van der Waals surface area contributed by atoms with Crippen LogP contribution in [0.2, 0.25) is 0 Å². The maximum atomic E-state index is 12.4. The molecule has 2 saturated heterocycles. The van der Waals surface area contributed by atoms with Gasteiger partial charge in [-0.15, -0.1) is 0 Å². The predicted molar refractivity (Wildman–Crippen MR) is 111 cm³/mol. The first kappa shape index (κ1) is 20.5. The van der Waals surface area contributed by atoms with Crippen LogP contribution in [0.3, 0.4) is 0 Å². The van der Waals surface area contributed by atoms with Crippen LogP contribution in [0, 0.1) is 5.92 Å². The first-order valence-corrected chi connectivity index (χ1v) is 10.8. The van der Waals surface area contributed by atoms with Gasteiger partial charge in [0.2, 0.25) is 0 Å². The van der Waals surface area contributed by atoms with E-state index < -0.39 is 0 Å². The van der Waals surface area contributed by atoms with Gasteiger partial charge in [0.25, 0.3) is 5.56 Å². The highest BCUT2D eigenvalue weighted by molar-refractivity contribution is 5.10. The van der Waals surface area contributed by atoms with E-state index in [0.717, 1.165) is 18.3 Å². The van der Waals surface area contributed by atoms with E-state index in [1.165, 1.54) is 64.7 Å². The standard InChI is InChI=1S/C22H38N4O/c1-22(2,3)20-15-21(27)26(17-23-20)16-18-8-12-25(13-9-18)14-10-19-7-5-6-11-24(19)4/h15,17-19H,5-14,16H2,1-4H3. The summed E-state index contributed by atoms with van der Waals surface area (Å²) in [4.78, 5) is 22.1. The van der Waals surface area contributed by atoms with E-state index in [2.05, 4.69) is 42.6 Å². The normalized spacial score (nSPS) is 23.6. The lowest BCUT2D eigenvalue weighted by molar-refractivity contribution is 0.130. The molecule has 0 bridgehead atoms. The third kappa shape index (κ3) is 5.64. The quantitative estimate of drug-likeness (QED) is 0.794. The Morgan fingerprint density at radius 2 is 1.85 bits per heavy atom. The Hall–Kier alpha value is -1.20. The molecule has 0 aromatic carbocycles. The van der Waals surface area contributed by atoms with Crippen molar-refractivity contribution in [1.29, 1.82) is 0 Å².